The molecule has 0 bridgehead atoms. The summed E-state index contributed by atoms with van der Waals surface area (Å²) < 4.78 is 41.1. The van der Waals surface area contributed by atoms with E-state index in [-0.39, 0.29) is 11.1 Å². The molecule has 1 aliphatic rings. The van der Waals surface area contributed by atoms with Gasteiger partial charge in [-0.2, -0.15) is 13.2 Å². The van der Waals surface area contributed by atoms with Gasteiger partial charge in [0.1, 0.15) is 5.60 Å². The first-order valence-electron chi connectivity index (χ1n) is 7.04. The van der Waals surface area contributed by atoms with Gasteiger partial charge >= 0.3 is 6.18 Å². The summed E-state index contributed by atoms with van der Waals surface area (Å²) in [5, 5.41) is 11.0. The second kappa shape index (κ2) is 5.11. The van der Waals surface area contributed by atoms with Crippen molar-refractivity contribution in [1.29, 1.82) is 0 Å². The lowest BCUT2D eigenvalue weighted by Crippen LogP contribution is -2.30. The molecule has 0 heterocycles. The zero-order valence-corrected chi connectivity index (χ0v) is 13.3. The van der Waals surface area contributed by atoms with E-state index in [2.05, 4.69) is 0 Å². The van der Waals surface area contributed by atoms with E-state index in [1.165, 1.54) is 13.0 Å². The summed E-state index contributed by atoms with van der Waals surface area (Å²) in [5.74, 6) is 0. The van der Waals surface area contributed by atoms with Gasteiger partial charge in [0.15, 0.2) is 0 Å². The number of fused-ring (bicyclic) bond motifs is 1. The number of benzene rings is 2. The van der Waals surface area contributed by atoms with Crippen LogP contribution in [0.4, 0.5) is 13.2 Å². The molecule has 0 saturated carbocycles. The Bertz CT molecular complexity index is 819. The minimum absolute atomic E-state index is 0.0139. The van der Waals surface area contributed by atoms with E-state index < -0.39 is 17.4 Å². The highest BCUT2D eigenvalue weighted by Gasteiger charge is 2.52. The lowest BCUT2D eigenvalue weighted by molar-refractivity contribution is -0.117. The minimum atomic E-state index is -4.66. The number of aryl methyl sites for hydroxylation is 1. The van der Waals surface area contributed by atoms with E-state index in [0.717, 1.165) is 5.56 Å². The minimum Gasteiger partial charge on any atom is -0.381 e. The Morgan fingerprint density at radius 2 is 1.78 bits per heavy atom. The number of hydrogen-bond donors (Lipinski definition) is 1. The van der Waals surface area contributed by atoms with Crippen LogP contribution in [-0.2, 0) is 5.60 Å². The van der Waals surface area contributed by atoms with Gasteiger partial charge in [-0.25, -0.2) is 0 Å². The monoisotopic (exact) mass is 338 g/mol. The van der Waals surface area contributed by atoms with Crippen molar-refractivity contribution >= 4 is 17.2 Å². The summed E-state index contributed by atoms with van der Waals surface area (Å²) in [5.41, 5.74) is -1.29. The van der Waals surface area contributed by atoms with Gasteiger partial charge in [-0.05, 0) is 42.7 Å². The Morgan fingerprint density at radius 1 is 1.09 bits per heavy atom. The SMILES string of the molecule is Cc1ccc2c(c1)C(C)(O)C(C(F)(F)F)=C2c1cccc(Cl)c1. The molecule has 1 atom stereocenters. The second-order valence-electron chi connectivity index (χ2n) is 5.88. The van der Waals surface area contributed by atoms with Gasteiger partial charge in [0.2, 0.25) is 0 Å². The van der Waals surface area contributed by atoms with E-state index in [1.807, 2.05) is 0 Å². The number of rotatable bonds is 1. The van der Waals surface area contributed by atoms with Crippen LogP contribution in [0.25, 0.3) is 5.57 Å². The highest BCUT2D eigenvalue weighted by Crippen LogP contribution is 2.53. The maximum absolute atomic E-state index is 13.7. The zero-order valence-electron chi connectivity index (χ0n) is 12.5. The lowest BCUT2D eigenvalue weighted by Gasteiger charge is -2.25. The van der Waals surface area contributed by atoms with Crippen LogP contribution in [0.1, 0.15) is 29.2 Å². The number of alkyl halides is 3. The van der Waals surface area contributed by atoms with Crippen LogP contribution >= 0.6 is 11.6 Å². The third-order valence-corrected chi connectivity index (χ3v) is 4.34. The van der Waals surface area contributed by atoms with Gasteiger partial charge in [-0.15, -0.1) is 0 Å². The highest BCUT2D eigenvalue weighted by atomic mass is 35.5. The lowest BCUT2D eigenvalue weighted by atomic mass is 9.91. The van der Waals surface area contributed by atoms with Gasteiger partial charge in [0.05, 0.1) is 5.57 Å². The normalized spacial score (nSPS) is 20.8. The highest BCUT2D eigenvalue weighted by molar-refractivity contribution is 6.30. The fourth-order valence-electron chi connectivity index (χ4n) is 3.15. The molecule has 1 unspecified atom stereocenters. The molecule has 1 N–H and O–H groups in total. The van der Waals surface area contributed by atoms with Crippen LogP contribution in [0.15, 0.2) is 48.0 Å². The van der Waals surface area contributed by atoms with Gasteiger partial charge < -0.3 is 5.11 Å². The van der Waals surface area contributed by atoms with Gasteiger partial charge in [-0.3, -0.25) is 0 Å². The van der Waals surface area contributed by atoms with Crippen LogP contribution in [0.3, 0.4) is 0 Å². The molecule has 1 nitrogen and oxygen atoms in total. The molecule has 0 amide bonds. The third kappa shape index (κ3) is 2.56. The quantitative estimate of drug-likeness (QED) is 0.754. The fourth-order valence-corrected chi connectivity index (χ4v) is 3.34. The zero-order chi connectivity index (χ0) is 17.0. The molecule has 2 aromatic carbocycles. The molecule has 0 aromatic heterocycles. The largest absolute Gasteiger partial charge is 0.416 e. The fraction of sp³-hybridized carbons (Fsp3) is 0.222. The number of halogens is 4. The van der Waals surface area contributed by atoms with Crippen LogP contribution in [0.2, 0.25) is 5.02 Å². The van der Waals surface area contributed by atoms with Crippen molar-refractivity contribution in [1.82, 2.24) is 0 Å². The number of aliphatic hydroxyl groups is 1. The van der Waals surface area contributed by atoms with Crippen molar-refractivity contribution in [2.24, 2.45) is 0 Å². The molecule has 1 aliphatic carbocycles. The van der Waals surface area contributed by atoms with Crippen molar-refractivity contribution in [2.75, 3.05) is 0 Å². The molecule has 0 aliphatic heterocycles. The Labute approximate surface area is 137 Å². The maximum atomic E-state index is 13.7. The van der Waals surface area contributed by atoms with E-state index in [0.29, 0.717) is 16.1 Å². The molecule has 0 fully saturated rings. The maximum Gasteiger partial charge on any atom is 0.416 e. The van der Waals surface area contributed by atoms with Crippen molar-refractivity contribution in [3.8, 4) is 0 Å². The predicted octanol–water partition coefficient (Wildman–Crippen LogP) is 5.23. The summed E-state index contributed by atoms with van der Waals surface area (Å²) in [6, 6.07) is 11.2. The Kier molecular flexibility index (Phi) is 3.58. The topological polar surface area (TPSA) is 20.2 Å². The van der Waals surface area contributed by atoms with Crippen LogP contribution < -0.4 is 0 Å². The standard InChI is InChI=1S/C18H14ClF3O/c1-10-6-7-13-14(8-10)17(2,23)16(18(20,21)22)15(13)11-4-3-5-12(19)9-11/h3-9,23H,1-2H3. The molecule has 3 rings (SSSR count). The smallest absolute Gasteiger partial charge is 0.381 e. The van der Waals surface area contributed by atoms with Crippen molar-refractivity contribution in [3.63, 3.8) is 0 Å². The molecule has 0 radical (unpaired) electrons. The molecule has 5 heteroatoms. The summed E-state index contributed by atoms with van der Waals surface area (Å²) >= 11 is 5.94. The van der Waals surface area contributed by atoms with E-state index in [1.54, 1.807) is 43.3 Å². The first-order valence-corrected chi connectivity index (χ1v) is 7.42. The van der Waals surface area contributed by atoms with Gasteiger partial charge in [0, 0.05) is 10.6 Å². The summed E-state index contributed by atoms with van der Waals surface area (Å²) in [4.78, 5) is 0. The first-order chi connectivity index (χ1) is 10.6. The average molecular weight is 339 g/mol. The van der Waals surface area contributed by atoms with Crippen LogP contribution in [0, 0.1) is 6.92 Å². The summed E-state index contributed by atoms with van der Waals surface area (Å²) in [6.07, 6.45) is -4.66. The van der Waals surface area contributed by atoms with E-state index >= 15 is 0 Å². The summed E-state index contributed by atoms with van der Waals surface area (Å²) in [6.45, 7) is 2.96. The molecule has 0 spiro atoms. The van der Waals surface area contributed by atoms with Crippen molar-refractivity contribution in [2.45, 2.75) is 25.6 Å². The predicted molar refractivity (Wildman–Crippen MR) is 84.3 cm³/mol. The van der Waals surface area contributed by atoms with Gasteiger partial charge in [-0.1, -0.05) is 47.5 Å². The third-order valence-electron chi connectivity index (χ3n) is 4.10. The Morgan fingerprint density at radius 3 is 2.39 bits per heavy atom. The number of hydrogen-bond acceptors (Lipinski definition) is 1. The molecular weight excluding hydrogens is 325 g/mol. The Balaban J connectivity index is 2.39. The first kappa shape index (κ1) is 16.1. The summed E-state index contributed by atoms with van der Waals surface area (Å²) in [7, 11) is 0. The average Bonchev–Trinajstić information content (AvgIpc) is 2.66. The van der Waals surface area contributed by atoms with E-state index in [4.69, 9.17) is 11.6 Å². The van der Waals surface area contributed by atoms with Gasteiger partial charge in [0.25, 0.3) is 0 Å². The Hall–Kier alpha value is -1.78. The molecule has 0 saturated heterocycles. The van der Waals surface area contributed by atoms with Crippen LogP contribution in [-0.4, -0.2) is 11.3 Å². The molecule has 2 aromatic rings. The van der Waals surface area contributed by atoms with E-state index in [9.17, 15) is 18.3 Å². The second-order valence-corrected chi connectivity index (χ2v) is 6.32. The van der Waals surface area contributed by atoms with Crippen molar-refractivity contribution in [3.05, 3.63) is 75.3 Å². The van der Waals surface area contributed by atoms with Crippen molar-refractivity contribution < 1.29 is 18.3 Å². The molecular formula is C18H14ClF3O. The van der Waals surface area contributed by atoms with Crippen LogP contribution in [0.5, 0.6) is 0 Å². The molecule has 23 heavy (non-hydrogen) atoms. The molecule has 120 valence electrons.